The van der Waals surface area contributed by atoms with Crippen molar-refractivity contribution in [1.29, 1.82) is 0 Å². The van der Waals surface area contributed by atoms with Crippen molar-refractivity contribution in [3.05, 3.63) is 52.2 Å². The first-order valence-corrected chi connectivity index (χ1v) is 9.85. The average Bonchev–Trinajstić information content (AvgIpc) is 3.13. The van der Waals surface area contributed by atoms with Gasteiger partial charge in [0.2, 0.25) is 5.75 Å². The quantitative estimate of drug-likeness (QED) is 0.637. The Hall–Kier alpha value is -2.86. The highest BCUT2D eigenvalue weighted by Gasteiger charge is 2.27. The number of nitrogens with one attached hydrogen (secondary N) is 2. The van der Waals surface area contributed by atoms with E-state index in [1.54, 1.807) is 12.1 Å². The Kier molecular flexibility index (Phi) is 5.28. The molecule has 1 amide bonds. The molecule has 0 spiro atoms. The smallest absolute Gasteiger partial charge is 0.252 e. The fourth-order valence-corrected chi connectivity index (χ4v) is 4.27. The molecule has 1 aliphatic carbocycles. The molecule has 1 aromatic heterocycles. The minimum Gasteiger partial charge on any atom is -0.493 e. The van der Waals surface area contributed by atoms with Crippen molar-refractivity contribution in [1.82, 2.24) is 10.3 Å². The molecule has 0 saturated heterocycles. The van der Waals surface area contributed by atoms with Crippen LogP contribution in [0.2, 0.25) is 5.02 Å². The highest BCUT2D eigenvalue weighted by atomic mass is 35.5. The van der Waals surface area contributed by atoms with Crippen LogP contribution in [-0.4, -0.2) is 32.2 Å². The van der Waals surface area contributed by atoms with Gasteiger partial charge in [0, 0.05) is 16.6 Å². The molecule has 0 fully saturated rings. The number of hydrogen-bond acceptors (Lipinski definition) is 4. The third kappa shape index (κ3) is 3.38. The summed E-state index contributed by atoms with van der Waals surface area (Å²) in [5.74, 6) is 1.14. The van der Waals surface area contributed by atoms with Crippen LogP contribution < -0.4 is 19.5 Å². The van der Waals surface area contributed by atoms with Crippen LogP contribution in [0, 0.1) is 0 Å². The molecule has 0 bridgehead atoms. The minimum atomic E-state index is -0.202. The zero-order valence-electron chi connectivity index (χ0n) is 16.6. The molecule has 1 heterocycles. The van der Waals surface area contributed by atoms with Crippen LogP contribution in [0.25, 0.3) is 10.9 Å². The Morgan fingerprint density at radius 1 is 1.14 bits per heavy atom. The van der Waals surface area contributed by atoms with E-state index >= 15 is 0 Å². The van der Waals surface area contributed by atoms with Crippen molar-refractivity contribution in [2.24, 2.45) is 0 Å². The molecule has 29 heavy (non-hydrogen) atoms. The second kappa shape index (κ2) is 7.87. The second-order valence-corrected chi connectivity index (χ2v) is 7.42. The van der Waals surface area contributed by atoms with E-state index in [0.29, 0.717) is 27.8 Å². The molecule has 2 aromatic carbocycles. The molecular formula is C22H23ClN2O4. The van der Waals surface area contributed by atoms with Crippen molar-refractivity contribution < 1.29 is 19.0 Å². The number of aromatic amines is 1. The summed E-state index contributed by atoms with van der Waals surface area (Å²) in [7, 11) is 4.59. The number of para-hydroxylation sites is 1. The minimum absolute atomic E-state index is 0.117. The Bertz CT molecular complexity index is 1050. The molecule has 0 saturated carbocycles. The van der Waals surface area contributed by atoms with Crippen LogP contribution >= 0.6 is 11.6 Å². The van der Waals surface area contributed by atoms with Gasteiger partial charge in [-0.05, 0) is 43.0 Å². The molecule has 152 valence electrons. The Morgan fingerprint density at radius 2 is 1.86 bits per heavy atom. The number of amides is 1. The largest absolute Gasteiger partial charge is 0.493 e. The molecule has 0 radical (unpaired) electrons. The van der Waals surface area contributed by atoms with Gasteiger partial charge in [0.15, 0.2) is 11.5 Å². The number of fused-ring (bicyclic) bond motifs is 3. The molecule has 1 unspecified atom stereocenters. The standard InChI is InChI=1S/C22H23ClN2O4/c1-27-17-10-12(11-18(28-2)21(17)29-3)22(26)24-16-9-5-7-14-13-6-4-8-15(23)19(13)25-20(14)16/h4,6,8,10-11,16,25H,5,7,9H2,1-3H3,(H,24,26). The number of carbonyl (C=O) groups is 1. The van der Waals surface area contributed by atoms with E-state index in [-0.39, 0.29) is 11.9 Å². The predicted octanol–water partition coefficient (Wildman–Crippen LogP) is 4.65. The second-order valence-electron chi connectivity index (χ2n) is 7.01. The summed E-state index contributed by atoms with van der Waals surface area (Å²) in [6.45, 7) is 0. The van der Waals surface area contributed by atoms with E-state index in [9.17, 15) is 4.79 Å². The maximum atomic E-state index is 13.0. The van der Waals surface area contributed by atoms with Gasteiger partial charge < -0.3 is 24.5 Å². The number of aryl methyl sites for hydroxylation is 1. The topological polar surface area (TPSA) is 72.6 Å². The van der Waals surface area contributed by atoms with E-state index in [0.717, 1.165) is 35.9 Å². The molecular weight excluding hydrogens is 392 g/mol. The number of methoxy groups -OCH3 is 3. The zero-order valence-corrected chi connectivity index (χ0v) is 17.4. The molecule has 0 aliphatic heterocycles. The summed E-state index contributed by atoms with van der Waals surface area (Å²) < 4.78 is 16.1. The van der Waals surface area contributed by atoms with E-state index in [2.05, 4.69) is 16.4 Å². The van der Waals surface area contributed by atoms with Gasteiger partial charge in [-0.25, -0.2) is 0 Å². The first-order valence-electron chi connectivity index (χ1n) is 9.47. The summed E-state index contributed by atoms with van der Waals surface area (Å²) in [5.41, 5.74) is 3.62. The lowest BCUT2D eigenvalue weighted by atomic mass is 9.91. The predicted molar refractivity (Wildman–Crippen MR) is 113 cm³/mol. The van der Waals surface area contributed by atoms with Crippen molar-refractivity contribution in [3.8, 4) is 17.2 Å². The Labute approximate surface area is 174 Å². The van der Waals surface area contributed by atoms with Crippen molar-refractivity contribution in [2.45, 2.75) is 25.3 Å². The SMILES string of the molecule is COc1cc(C(=O)NC2CCCc3c2[nH]c2c(Cl)cccc32)cc(OC)c1OC. The fourth-order valence-electron chi connectivity index (χ4n) is 4.05. The summed E-state index contributed by atoms with van der Waals surface area (Å²) in [6, 6.07) is 9.09. The molecule has 7 heteroatoms. The number of aromatic nitrogens is 1. The van der Waals surface area contributed by atoms with E-state index in [1.165, 1.54) is 26.9 Å². The summed E-state index contributed by atoms with van der Waals surface area (Å²) >= 11 is 6.36. The lowest BCUT2D eigenvalue weighted by Gasteiger charge is -2.24. The fraction of sp³-hybridized carbons (Fsp3) is 0.318. The highest BCUT2D eigenvalue weighted by Crippen LogP contribution is 2.39. The lowest BCUT2D eigenvalue weighted by molar-refractivity contribution is 0.0931. The number of rotatable bonds is 5. The monoisotopic (exact) mass is 414 g/mol. The van der Waals surface area contributed by atoms with Crippen LogP contribution in [0.1, 0.15) is 40.5 Å². The molecule has 6 nitrogen and oxygen atoms in total. The average molecular weight is 415 g/mol. The maximum Gasteiger partial charge on any atom is 0.252 e. The van der Waals surface area contributed by atoms with Gasteiger partial charge in [0.1, 0.15) is 0 Å². The van der Waals surface area contributed by atoms with Gasteiger partial charge >= 0.3 is 0 Å². The van der Waals surface area contributed by atoms with Gasteiger partial charge in [-0.1, -0.05) is 23.7 Å². The van der Waals surface area contributed by atoms with Crippen LogP contribution in [0.15, 0.2) is 30.3 Å². The van der Waals surface area contributed by atoms with Crippen LogP contribution in [-0.2, 0) is 6.42 Å². The number of benzene rings is 2. The number of ether oxygens (including phenoxy) is 3. The zero-order chi connectivity index (χ0) is 20.5. The Morgan fingerprint density at radius 3 is 2.52 bits per heavy atom. The normalized spacial score (nSPS) is 15.7. The van der Waals surface area contributed by atoms with Gasteiger partial charge in [-0.2, -0.15) is 0 Å². The van der Waals surface area contributed by atoms with Crippen LogP contribution in [0.5, 0.6) is 17.2 Å². The van der Waals surface area contributed by atoms with Crippen LogP contribution in [0.3, 0.4) is 0 Å². The molecule has 1 aliphatic rings. The van der Waals surface area contributed by atoms with E-state index in [4.69, 9.17) is 25.8 Å². The third-order valence-corrected chi connectivity index (χ3v) is 5.74. The van der Waals surface area contributed by atoms with E-state index in [1.807, 2.05) is 12.1 Å². The molecule has 2 N–H and O–H groups in total. The first kappa shape index (κ1) is 19.5. The van der Waals surface area contributed by atoms with Crippen molar-refractivity contribution in [3.63, 3.8) is 0 Å². The molecule has 1 atom stereocenters. The highest BCUT2D eigenvalue weighted by molar-refractivity contribution is 6.35. The van der Waals surface area contributed by atoms with Gasteiger partial charge in [0.25, 0.3) is 5.91 Å². The van der Waals surface area contributed by atoms with E-state index < -0.39 is 0 Å². The first-order chi connectivity index (χ1) is 14.1. The van der Waals surface area contributed by atoms with Crippen LogP contribution in [0.4, 0.5) is 0 Å². The van der Waals surface area contributed by atoms with Gasteiger partial charge in [-0.3, -0.25) is 4.79 Å². The number of H-pyrrole nitrogens is 1. The van der Waals surface area contributed by atoms with Crippen molar-refractivity contribution in [2.75, 3.05) is 21.3 Å². The number of halogens is 1. The molecule has 3 aromatic rings. The summed E-state index contributed by atoms with van der Waals surface area (Å²) in [5, 5.41) is 4.96. The number of carbonyl (C=O) groups excluding carboxylic acids is 1. The van der Waals surface area contributed by atoms with Crippen molar-refractivity contribution >= 4 is 28.4 Å². The Balaban J connectivity index is 1.67. The maximum absolute atomic E-state index is 13.0. The summed E-state index contributed by atoms with van der Waals surface area (Å²) in [4.78, 5) is 16.5. The van der Waals surface area contributed by atoms with Gasteiger partial charge in [-0.15, -0.1) is 0 Å². The van der Waals surface area contributed by atoms with Gasteiger partial charge in [0.05, 0.1) is 37.9 Å². The lowest BCUT2D eigenvalue weighted by Crippen LogP contribution is -2.31. The molecule has 4 rings (SSSR count). The summed E-state index contributed by atoms with van der Waals surface area (Å²) in [6.07, 6.45) is 2.81. The number of hydrogen-bond donors (Lipinski definition) is 2. The third-order valence-electron chi connectivity index (χ3n) is 5.42.